The molecule has 66 valence electrons. The smallest absolute Gasteiger partial charge is 0.259 e. The molecule has 0 aliphatic carbocycles. The number of thiophene rings is 1. The predicted octanol–water partition coefficient (Wildman–Crippen LogP) is 2.05. The van der Waals surface area contributed by atoms with Gasteiger partial charge in [-0.05, 0) is 29.3 Å². The Kier molecular flexibility index (Phi) is 2.87. The summed E-state index contributed by atoms with van der Waals surface area (Å²) in [7, 11) is 0. The lowest BCUT2D eigenvalue weighted by Crippen LogP contribution is -2.11. The fourth-order valence-corrected chi connectivity index (χ4v) is 1.94. The molecule has 0 saturated carbocycles. The molecule has 2 N–H and O–H groups in total. The fourth-order valence-electron chi connectivity index (χ4n) is 1.15. The van der Waals surface area contributed by atoms with Crippen LogP contribution in [-0.2, 0) is 6.42 Å². The molecule has 1 aromatic heterocycles. The van der Waals surface area contributed by atoms with Gasteiger partial charge in [0.05, 0.1) is 4.88 Å². The van der Waals surface area contributed by atoms with E-state index in [1.807, 2.05) is 11.4 Å². The predicted molar refractivity (Wildman–Crippen MR) is 51.4 cm³/mol. The number of primary amides is 1. The summed E-state index contributed by atoms with van der Waals surface area (Å²) < 4.78 is 0. The minimum Gasteiger partial charge on any atom is -0.365 e. The summed E-state index contributed by atoms with van der Waals surface area (Å²) in [5.74, 6) is 0.262. The van der Waals surface area contributed by atoms with Crippen LogP contribution < -0.4 is 5.73 Å². The van der Waals surface area contributed by atoms with Gasteiger partial charge in [-0.15, -0.1) is 11.3 Å². The molecule has 12 heavy (non-hydrogen) atoms. The van der Waals surface area contributed by atoms with Crippen LogP contribution in [0.1, 0.15) is 29.1 Å². The van der Waals surface area contributed by atoms with Crippen LogP contribution in [0.25, 0.3) is 0 Å². The van der Waals surface area contributed by atoms with Gasteiger partial charge in [-0.2, -0.15) is 0 Å². The molecule has 0 aliphatic heterocycles. The first-order valence-corrected chi connectivity index (χ1v) is 4.85. The van der Waals surface area contributed by atoms with Crippen molar-refractivity contribution in [3.63, 3.8) is 0 Å². The van der Waals surface area contributed by atoms with Gasteiger partial charge in [0.2, 0.25) is 0 Å². The van der Waals surface area contributed by atoms with Crippen LogP contribution in [0.4, 0.5) is 0 Å². The molecular weight excluding hydrogens is 170 g/mol. The molecule has 0 atom stereocenters. The second-order valence-electron chi connectivity index (χ2n) is 3.24. The van der Waals surface area contributed by atoms with E-state index in [1.165, 1.54) is 11.3 Å². The molecule has 1 aromatic rings. The molecule has 0 aliphatic rings. The second kappa shape index (κ2) is 3.72. The monoisotopic (exact) mass is 183 g/mol. The Balaban J connectivity index is 2.84. The zero-order valence-electron chi connectivity index (χ0n) is 7.33. The van der Waals surface area contributed by atoms with Gasteiger partial charge in [0.25, 0.3) is 5.91 Å². The van der Waals surface area contributed by atoms with Crippen molar-refractivity contribution in [3.8, 4) is 0 Å². The van der Waals surface area contributed by atoms with Gasteiger partial charge < -0.3 is 5.73 Å². The number of amides is 1. The summed E-state index contributed by atoms with van der Waals surface area (Å²) in [5, 5.41) is 1.91. The van der Waals surface area contributed by atoms with Crippen molar-refractivity contribution in [1.29, 1.82) is 0 Å². The highest BCUT2D eigenvalue weighted by Crippen LogP contribution is 2.19. The SMILES string of the molecule is CC(C)Cc1ccsc1C(N)=O. The molecule has 3 heteroatoms. The van der Waals surface area contributed by atoms with Crippen LogP contribution in [-0.4, -0.2) is 5.91 Å². The van der Waals surface area contributed by atoms with E-state index in [1.54, 1.807) is 0 Å². The van der Waals surface area contributed by atoms with Crippen molar-refractivity contribution in [2.45, 2.75) is 20.3 Å². The minimum absolute atomic E-state index is 0.305. The first-order valence-electron chi connectivity index (χ1n) is 3.97. The third kappa shape index (κ3) is 2.08. The summed E-state index contributed by atoms with van der Waals surface area (Å²) in [6.07, 6.45) is 0.932. The van der Waals surface area contributed by atoms with Gasteiger partial charge >= 0.3 is 0 Å². The van der Waals surface area contributed by atoms with E-state index in [0.717, 1.165) is 12.0 Å². The number of hydrogen-bond acceptors (Lipinski definition) is 2. The van der Waals surface area contributed by atoms with Crippen molar-refractivity contribution in [2.24, 2.45) is 11.7 Å². The van der Waals surface area contributed by atoms with Gasteiger partial charge in [0.15, 0.2) is 0 Å². The van der Waals surface area contributed by atoms with E-state index in [2.05, 4.69) is 13.8 Å². The van der Waals surface area contributed by atoms with Gasteiger partial charge in [-0.25, -0.2) is 0 Å². The number of rotatable bonds is 3. The summed E-state index contributed by atoms with van der Waals surface area (Å²) in [6, 6.07) is 1.98. The van der Waals surface area contributed by atoms with Gasteiger partial charge in [0, 0.05) is 0 Å². The average molecular weight is 183 g/mol. The van der Waals surface area contributed by atoms with Crippen LogP contribution in [0, 0.1) is 5.92 Å². The first kappa shape index (κ1) is 9.26. The molecular formula is C9H13NOS. The standard InChI is InChI=1S/C9H13NOS/c1-6(2)5-7-3-4-12-8(7)9(10)11/h3-4,6H,5H2,1-2H3,(H2,10,11). The highest BCUT2D eigenvalue weighted by atomic mass is 32.1. The maximum atomic E-state index is 10.9. The highest BCUT2D eigenvalue weighted by Gasteiger charge is 2.10. The van der Waals surface area contributed by atoms with Gasteiger partial charge in [-0.1, -0.05) is 13.8 Å². The Hall–Kier alpha value is -0.830. The number of nitrogens with two attached hydrogens (primary N) is 1. The van der Waals surface area contributed by atoms with Crippen LogP contribution in [0.3, 0.4) is 0 Å². The van der Waals surface area contributed by atoms with Crippen LogP contribution >= 0.6 is 11.3 Å². The van der Waals surface area contributed by atoms with Crippen molar-refractivity contribution < 1.29 is 4.79 Å². The Morgan fingerprint density at radius 2 is 2.33 bits per heavy atom. The lowest BCUT2D eigenvalue weighted by atomic mass is 10.0. The first-order chi connectivity index (χ1) is 5.61. The van der Waals surface area contributed by atoms with Gasteiger partial charge in [-0.3, -0.25) is 4.79 Å². The van der Waals surface area contributed by atoms with E-state index in [9.17, 15) is 4.79 Å². The molecule has 0 aromatic carbocycles. The van der Waals surface area contributed by atoms with Crippen molar-refractivity contribution in [1.82, 2.24) is 0 Å². The molecule has 0 saturated heterocycles. The minimum atomic E-state index is -0.305. The molecule has 1 rings (SSSR count). The Labute approximate surface area is 76.4 Å². The Morgan fingerprint density at radius 1 is 1.67 bits per heavy atom. The summed E-state index contributed by atoms with van der Waals surface area (Å²) in [4.78, 5) is 11.6. The van der Waals surface area contributed by atoms with Crippen molar-refractivity contribution in [3.05, 3.63) is 21.9 Å². The largest absolute Gasteiger partial charge is 0.365 e. The normalized spacial score (nSPS) is 10.6. The topological polar surface area (TPSA) is 43.1 Å². The van der Waals surface area contributed by atoms with E-state index in [-0.39, 0.29) is 5.91 Å². The summed E-state index contributed by atoms with van der Waals surface area (Å²) in [6.45, 7) is 4.25. The molecule has 2 nitrogen and oxygen atoms in total. The van der Waals surface area contributed by atoms with Gasteiger partial charge in [0.1, 0.15) is 0 Å². The lowest BCUT2D eigenvalue weighted by molar-refractivity contribution is 0.100. The summed E-state index contributed by atoms with van der Waals surface area (Å²) >= 11 is 1.43. The molecule has 0 unspecified atom stereocenters. The van der Waals surface area contributed by atoms with Crippen LogP contribution in [0.2, 0.25) is 0 Å². The van der Waals surface area contributed by atoms with Crippen LogP contribution in [0.5, 0.6) is 0 Å². The Bertz CT molecular complexity index is 278. The van der Waals surface area contributed by atoms with Crippen molar-refractivity contribution >= 4 is 17.2 Å². The second-order valence-corrected chi connectivity index (χ2v) is 4.15. The molecule has 0 fully saturated rings. The van der Waals surface area contributed by atoms with Crippen molar-refractivity contribution in [2.75, 3.05) is 0 Å². The average Bonchev–Trinajstić information content (AvgIpc) is 2.33. The number of carbonyl (C=O) groups excluding carboxylic acids is 1. The molecule has 0 bridgehead atoms. The fraction of sp³-hybridized carbons (Fsp3) is 0.444. The van der Waals surface area contributed by atoms with E-state index < -0.39 is 0 Å². The zero-order chi connectivity index (χ0) is 9.14. The third-order valence-corrected chi connectivity index (χ3v) is 2.57. The molecule has 1 heterocycles. The Morgan fingerprint density at radius 3 is 2.83 bits per heavy atom. The molecule has 0 spiro atoms. The van der Waals surface area contributed by atoms with E-state index in [0.29, 0.717) is 10.8 Å². The third-order valence-electron chi connectivity index (χ3n) is 1.60. The molecule has 1 amide bonds. The van der Waals surface area contributed by atoms with Crippen LogP contribution in [0.15, 0.2) is 11.4 Å². The number of hydrogen-bond donors (Lipinski definition) is 1. The van der Waals surface area contributed by atoms with E-state index in [4.69, 9.17) is 5.73 Å². The lowest BCUT2D eigenvalue weighted by Gasteiger charge is -2.03. The highest BCUT2D eigenvalue weighted by molar-refractivity contribution is 7.12. The summed E-state index contributed by atoms with van der Waals surface area (Å²) in [5.41, 5.74) is 6.29. The maximum absolute atomic E-state index is 10.9. The quantitative estimate of drug-likeness (QED) is 0.765. The maximum Gasteiger partial charge on any atom is 0.259 e. The zero-order valence-corrected chi connectivity index (χ0v) is 8.15. The van der Waals surface area contributed by atoms with E-state index >= 15 is 0 Å². The number of carbonyl (C=O) groups is 1. The molecule has 0 radical (unpaired) electrons.